The minimum Gasteiger partial charge on any atom is -0.491 e. The van der Waals surface area contributed by atoms with Crippen LogP contribution in [0.2, 0.25) is 0 Å². The van der Waals surface area contributed by atoms with Crippen molar-refractivity contribution >= 4 is 16.9 Å². The van der Waals surface area contributed by atoms with Crippen molar-refractivity contribution in [2.24, 2.45) is 0 Å². The molecule has 3 aromatic rings. The van der Waals surface area contributed by atoms with Gasteiger partial charge in [0.25, 0.3) is 0 Å². The van der Waals surface area contributed by atoms with Gasteiger partial charge in [-0.2, -0.15) is 0 Å². The second-order valence-electron chi connectivity index (χ2n) is 8.83. The van der Waals surface area contributed by atoms with Crippen LogP contribution in [0.15, 0.2) is 48.5 Å². The Labute approximate surface area is 177 Å². The molecule has 156 valence electrons. The fourth-order valence-corrected chi connectivity index (χ4v) is 4.62. The van der Waals surface area contributed by atoms with Crippen LogP contribution in [0, 0.1) is 0 Å². The monoisotopic (exact) mass is 403 g/mol. The Morgan fingerprint density at radius 3 is 2.67 bits per heavy atom. The Kier molecular flexibility index (Phi) is 4.97. The average molecular weight is 404 g/mol. The summed E-state index contributed by atoms with van der Waals surface area (Å²) in [5.74, 6) is 2.84. The number of hydrogen-bond acceptors (Lipinski definition) is 3. The third kappa shape index (κ3) is 3.57. The van der Waals surface area contributed by atoms with E-state index in [1.165, 1.54) is 5.56 Å². The van der Waals surface area contributed by atoms with E-state index < -0.39 is 0 Å². The molecule has 1 saturated carbocycles. The lowest BCUT2D eigenvalue weighted by molar-refractivity contribution is -0.128. The number of aromatic nitrogens is 2. The maximum atomic E-state index is 12.5. The summed E-state index contributed by atoms with van der Waals surface area (Å²) in [6.07, 6.45) is 2.87. The molecule has 0 radical (unpaired) electrons. The molecule has 0 spiro atoms. The lowest BCUT2D eigenvalue weighted by Crippen LogP contribution is -2.27. The molecule has 2 fully saturated rings. The number of nitrogens with zero attached hydrogens (tertiary/aromatic N) is 3. The normalized spacial score (nSPS) is 19.2. The molecular weight excluding hydrogens is 374 g/mol. The number of carbonyl (C=O) groups is 1. The number of rotatable bonds is 7. The van der Waals surface area contributed by atoms with E-state index in [9.17, 15) is 4.79 Å². The van der Waals surface area contributed by atoms with Gasteiger partial charge in [0.15, 0.2) is 0 Å². The van der Waals surface area contributed by atoms with Crippen molar-refractivity contribution in [3.05, 3.63) is 59.9 Å². The number of carbonyl (C=O) groups excluding carboxylic acids is 1. The van der Waals surface area contributed by atoms with Gasteiger partial charge in [0.1, 0.15) is 18.2 Å². The smallest absolute Gasteiger partial charge is 0.223 e. The first-order valence-electron chi connectivity index (χ1n) is 11.1. The van der Waals surface area contributed by atoms with E-state index >= 15 is 0 Å². The van der Waals surface area contributed by atoms with Crippen LogP contribution in [0.5, 0.6) is 5.75 Å². The van der Waals surface area contributed by atoms with Crippen molar-refractivity contribution in [1.29, 1.82) is 0 Å². The second-order valence-corrected chi connectivity index (χ2v) is 8.83. The molecule has 1 saturated heterocycles. The molecule has 2 aliphatic rings. The van der Waals surface area contributed by atoms with Crippen LogP contribution in [-0.2, 0) is 11.3 Å². The molecule has 1 unspecified atom stereocenters. The van der Waals surface area contributed by atoms with E-state index in [4.69, 9.17) is 9.72 Å². The van der Waals surface area contributed by atoms with Gasteiger partial charge in [-0.15, -0.1) is 0 Å². The summed E-state index contributed by atoms with van der Waals surface area (Å²) in [6.45, 7) is 6.46. The minimum atomic E-state index is 0.161. The molecule has 30 heavy (non-hydrogen) atoms. The van der Waals surface area contributed by atoms with E-state index in [0.29, 0.717) is 25.0 Å². The Bertz CT molecular complexity index is 1070. The van der Waals surface area contributed by atoms with Crippen molar-refractivity contribution in [2.75, 3.05) is 13.2 Å². The molecule has 1 aromatic heterocycles. The predicted octanol–water partition coefficient (Wildman–Crippen LogP) is 4.72. The largest absolute Gasteiger partial charge is 0.491 e. The highest BCUT2D eigenvalue weighted by molar-refractivity contribution is 5.81. The van der Waals surface area contributed by atoms with Gasteiger partial charge in [0.05, 0.1) is 17.6 Å². The highest BCUT2D eigenvalue weighted by Crippen LogP contribution is 2.37. The summed E-state index contributed by atoms with van der Waals surface area (Å²) in [5, 5.41) is 0. The number of imidazole rings is 1. The molecule has 1 aliphatic carbocycles. The zero-order valence-electron chi connectivity index (χ0n) is 17.8. The Hall–Kier alpha value is -2.82. The molecule has 0 bridgehead atoms. The summed E-state index contributed by atoms with van der Waals surface area (Å²) in [4.78, 5) is 19.5. The highest BCUT2D eigenvalue weighted by Gasteiger charge is 2.41. The SMILES string of the molecule is CC(C)c1ccccc1OCCn1c(C2CC(=O)N(C3CC3)C2)nc2ccccc21. The van der Waals surface area contributed by atoms with Crippen molar-refractivity contribution in [1.82, 2.24) is 14.5 Å². The summed E-state index contributed by atoms with van der Waals surface area (Å²) >= 11 is 0. The molecule has 2 heterocycles. The van der Waals surface area contributed by atoms with Gasteiger partial charge in [-0.05, 0) is 42.5 Å². The fourth-order valence-electron chi connectivity index (χ4n) is 4.62. The summed E-state index contributed by atoms with van der Waals surface area (Å²) in [5.41, 5.74) is 3.34. The average Bonchev–Trinajstić information content (AvgIpc) is 3.42. The van der Waals surface area contributed by atoms with Gasteiger partial charge in [-0.3, -0.25) is 4.79 Å². The standard InChI is InChI=1S/C25H29N3O2/c1-17(2)20-7-3-6-10-23(20)30-14-13-27-22-9-5-4-8-21(22)26-25(27)18-15-24(29)28(16-18)19-11-12-19/h3-10,17-19H,11-16H2,1-2H3. The quantitative estimate of drug-likeness (QED) is 0.574. The fraction of sp³-hybridized carbons (Fsp3) is 0.440. The number of ether oxygens (including phenoxy) is 1. The van der Waals surface area contributed by atoms with Crippen LogP contribution in [0.4, 0.5) is 0 Å². The lowest BCUT2D eigenvalue weighted by Gasteiger charge is -2.17. The summed E-state index contributed by atoms with van der Waals surface area (Å²) < 4.78 is 8.47. The van der Waals surface area contributed by atoms with E-state index in [1.807, 2.05) is 18.2 Å². The molecule has 0 N–H and O–H groups in total. The maximum Gasteiger partial charge on any atom is 0.223 e. The molecule has 1 aliphatic heterocycles. The first kappa shape index (κ1) is 19.2. The van der Waals surface area contributed by atoms with E-state index in [0.717, 1.165) is 48.5 Å². The molecule has 2 aromatic carbocycles. The number of hydrogen-bond donors (Lipinski definition) is 0. The lowest BCUT2D eigenvalue weighted by atomic mass is 10.0. The van der Waals surface area contributed by atoms with Crippen molar-refractivity contribution in [3.8, 4) is 5.75 Å². The molecular formula is C25H29N3O2. The van der Waals surface area contributed by atoms with Gasteiger partial charge < -0.3 is 14.2 Å². The molecule has 1 atom stereocenters. The van der Waals surface area contributed by atoms with Crippen LogP contribution in [0.25, 0.3) is 11.0 Å². The molecule has 5 nitrogen and oxygen atoms in total. The highest BCUT2D eigenvalue weighted by atomic mass is 16.5. The maximum absolute atomic E-state index is 12.5. The zero-order chi connectivity index (χ0) is 20.7. The topological polar surface area (TPSA) is 47.4 Å². The third-order valence-electron chi connectivity index (χ3n) is 6.31. The molecule has 5 rings (SSSR count). The van der Waals surface area contributed by atoms with Gasteiger partial charge in [0, 0.05) is 24.9 Å². The number of fused-ring (bicyclic) bond motifs is 1. The number of benzene rings is 2. The van der Waals surface area contributed by atoms with Crippen LogP contribution in [0.1, 0.15) is 56.3 Å². The number of likely N-dealkylation sites (tertiary alicyclic amines) is 1. The number of amides is 1. The van der Waals surface area contributed by atoms with Gasteiger partial charge in [-0.25, -0.2) is 4.98 Å². The minimum absolute atomic E-state index is 0.161. The van der Waals surface area contributed by atoms with Crippen LogP contribution in [-0.4, -0.2) is 39.6 Å². The first-order chi connectivity index (χ1) is 14.6. The van der Waals surface area contributed by atoms with Gasteiger partial charge in [-0.1, -0.05) is 44.2 Å². The Balaban J connectivity index is 1.39. The van der Waals surface area contributed by atoms with E-state index in [1.54, 1.807) is 0 Å². The van der Waals surface area contributed by atoms with Crippen molar-refractivity contribution in [2.45, 2.75) is 57.5 Å². The summed E-state index contributed by atoms with van der Waals surface area (Å²) in [6, 6.07) is 17.0. The zero-order valence-corrected chi connectivity index (χ0v) is 17.8. The molecule has 1 amide bonds. The first-order valence-corrected chi connectivity index (χ1v) is 11.1. The van der Waals surface area contributed by atoms with E-state index in [2.05, 4.69) is 53.6 Å². The Morgan fingerprint density at radius 1 is 1.10 bits per heavy atom. The predicted molar refractivity (Wildman–Crippen MR) is 118 cm³/mol. The Morgan fingerprint density at radius 2 is 1.87 bits per heavy atom. The van der Waals surface area contributed by atoms with Crippen LogP contribution >= 0.6 is 0 Å². The number of para-hydroxylation sites is 3. The second kappa shape index (κ2) is 7.78. The third-order valence-corrected chi connectivity index (χ3v) is 6.31. The van der Waals surface area contributed by atoms with Crippen molar-refractivity contribution in [3.63, 3.8) is 0 Å². The van der Waals surface area contributed by atoms with E-state index in [-0.39, 0.29) is 11.8 Å². The molecule has 5 heteroatoms. The van der Waals surface area contributed by atoms with Crippen molar-refractivity contribution < 1.29 is 9.53 Å². The van der Waals surface area contributed by atoms with Crippen LogP contribution < -0.4 is 4.74 Å². The van der Waals surface area contributed by atoms with Gasteiger partial charge >= 0.3 is 0 Å². The van der Waals surface area contributed by atoms with Gasteiger partial charge in [0.2, 0.25) is 5.91 Å². The van der Waals surface area contributed by atoms with Crippen LogP contribution in [0.3, 0.4) is 0 Å². The summed E-state index contributed by atoms with van der Waals surface area (Å²) in [7, 11) is 0.